The Morgan fingerprint density at radius 2 is 1.86 bits per heavy atom. The molecular weight excluding hydrogens is 378 g/mol. The van der Waals surface area contributed by atoms with Crippen molar-refractivity contribution in [1.82, 2.24) is 14.0 Å². The maximum absolute atomic E-state index is 13.5. The van der Waals surface area contributed by atoms with Crippen molar-refractivity contribution in [3.05, 3.63) is 31.3 Å². The Hall–Kier alpha value is -1.48. The van der Waals surface area contributed by atoms with Gasteiger partial charge in [-0.2, -0.15) is 0 Å². The maximum Gasteiger partial charge on any atom is 0.332 e. The highest BCUT2D eigenvalue weighted by Crippen LogP contribution is 2.34. The second-order valence-electron chi connectivity index (χ2n) is 7.93. The van der Waals surface area contributed by atoms with Gasteiger partial charge in [-0.05, 0) is 31.9 Å². The summed E-state index contributed by atoms with van der Waals surface area (Å²) in [5, 5.41) is 0.740. The van der Waals surface area contributed by atoms with Gasteiger partial charge in [-0.15, -0.1) is 11.3 Å². The van der Waals surface area contributed by atoms with E-state index in [1.165, 1.54) is 15.9 Å². The van der Waals surface area contributed by atoms with Crippen LogP contribution in [0.4, 0.5) is 0 Å². The minimum Gasteiger partial charge on any atom is -0.354 e. The van der Waals surface area contributed by atoms with E-state index in [2.05, 4.69) is 11.9 Å². The zero-order valence-electron chi connectivity index (χ0n) is 16.9. The molecule has 2 aliphatic rings. The number of methoxy groups -OCH3 is 2. The first-order chi connectivity index (χ1) is 13.5. The van der Waals surface area contributed by atoms with E-state index in [0.717, 1.165) is 61.0 Å². The predicted octanol–water partition coefficient (Wildman–Crippen LogP) is 2.34. The average molecular weight is 408 g/mol. The van der Waals surface area contributed by atoms with Gasteiger partial charge >= 0.3 is 5.69 Å². The van der Waals surface area contributed by atoms with E-state index in [1.54, 1.807) is 30.1 Å². The van der Waals surface area contributed by atoms with Gasteiger partial charge in [0.25, 0.3) is 5.56 Å². The first kappa shape index (κ1) is 19.8. The van der Waals surface area contributed by atoms with Crippen LogP contribution in [-0.4, -0.2) is 48.1 Å². The van der Waals surface area contributed by atoms with E-state index in [9.17, 15) is 9.59 Å². The highest BCUT2D eigenvalue weighted by atomic mass is 32.1. The monoisotopic (exact) mass is 407 g/mol. The molecule has 0 atom stereocenters. The van der Waals surface area contributed by atoms with Crippen molar-refractivity contribution < 1.29 is 9.47 Å². The molecule has 0 amide bonds. The number of hydrogen-bond acceptors (Lipinski definition) is 6. The van der Waals surface area contributed by atoms with E-state index < -0.39 is 6.29 Å². The fraction of sp³-hybridized carbons (Fsp3) is 0.700. The summed E-state index contributed by atoms with van der Waals surface area (Å²) in [6.45, 7) is 2.04. The summed E-state index contributed by atoms with van der Waals surface area (Å²) in [5.41, 5.74) is 0.805. The fourth-order valence-corrected chi connectivity index (χ4v) is 5.99. The largest absolute Gasteiger partial charge is 0.354 e. The molecule has 1 aliphatic heterocycles. The van der Waals surface area contributed by atoms with E-state index >= 15 is 0 Å². The van der Waals surface area contributed by atoms with Gasteiger partial charge in [-0.1, -0.05) is 19.3 Å². The Labute approximate surface area is 168 Å². The molecule has 154 valence electrons. The molecule has 0 N–H and O–H groups in total. The van der Waals surface area contributed by atoms with Crippen LogP contribution in [0.25, 0.3) is 10.2 Å². The number of ether oxygens (including phenoxy) is 2. The Morgan fingerprint density at radius 1 is 1.14 bits per heavy atom. The van der Waals surface area contributed by atoms with E-state index in [4.69, 9.17) is 9.47 Å². The molecule has 0 aromatic carbocycles. The zero-order chi connectivity index (χ0) is 19.8. The smallest absolute Gasteiger partial charge is 0.332 e. The number of aromatic nitrogens is 2. The van der Waals surface area contributed by atoms with Gasteiger partial charge in [-0.25, -0.2) is 4.79 Å². The summed E-state index contributed by atoms with van der Waals surface area (Å²) in [7, 11) is 5.23. The summed E-state index contributed by atoms with van der Waals surface area (Å²) in [6, 6.07) is -0.00486. The van der Waals surface area contributed by atoms with Crippen LogP contribution in [0.2, 0.25) is 0 Å². The van der Waals surface area contributed by atoms with Crippen LogP contribution in [0.15, 0.2) is 9.59 Å². The van der Waals surface area contributed by atoms with Crippen molar-refractivity contribution in [2.75, 3.05) is 27.8 Å². The summed E-state index contributed by atoms with van der Waals surface area (Å²) in [4.78, 5) is 31.2. The number of rotatable bonds is 5. The normalized spacial score (nSPS) is 18.9. The lowest BCUT2D eigenvalue weighted by molar-refractivity contribution is -0.111. The Kier molecular flexibility index (Phi) is 5.73. The van der Waals surface area contributed by atoms with Crippen LogP contribution in [0, 0.1) is 0 Å². The van der Waals surface area contributed by atoms with Crippen LogP contribution >= 0.6 is 11.3 Å². The molecule has 4 rings (SSSR count). The van der Waals surface area contributed by atoms with Crippen molar-refractivity contribution in [3.8, 4) is 0 Å². The van der Waals surface area contributed by atoms with Crippen molar-refractivity contribution in [2.45, 2.75) is 63.9 Å². The molecule has 28 heavy (non-hydrogen) atoms. The molecule has 7 nitrogen and oxygen atoms in total. The zero-order valence-corrected chi connectivity index (χ0v) is 17.7. The minimum absolute atomic E-state index is 0.00486. The molecule has 0 unspecified atom stereocenters. The van der Waals surface area contributed by atoms with Gasteiger partial charge in [0.15, 0.2) is 6.29 Å². The lowest BCUT2D eigenvalue weighted by atomic mass is 9.95. The molecule has 3 heterocycles. The number of thiophene rings is 1. The molecule has 2 aromatic heterocycles. The average Bonchev–Trinajstić information content (AvgIpc) is 3.07. The SMILES string of the molecule is COC(Cn1c(=O)n(C2CCCCC2)c(=O)c2c3c(sc21)CN(C)CC3)OC. The quantitative estimate of drug-likeness (QED) is 0.712. The standard InChI is InChI=1S/C20H29N3O4S/c1-21-10-9-14-15(11-21)28-19-17(14)18(24)23(13-7-5-4-6-8-13)20(25)22(19)12-16(26-2)27-3/h13,16H,4-12H2,1-3H3. The minimum atomic E-state index is -0.528. The van der Waals surface area contributed by atoms with Gasteiger partial charge in [0.05, 0.1) is 11.9 Å². The third kappa shape index (κ3) is 3.36. The molecule has 1 aliphatic carbocycles. The van der Waals surface area contributed by atoms with Crippen molar-refractivity contribution >= 4 is 21.6 Å². The van der Waals surface area contributed by atoms with Crippen LogP contribution in [0.5, 0.6) is 0 Å². The number of hydrogen-bond donors (Lipinski definition) is 0. The Bertz CT molecular complexity index is 966. The first-order valence-corrected chi connectivity index (χ1v) is 10.9. The summed E-state index contributed by atoms with van der Waals surface area (Å²) in [6.07, 6.45) is 5.43. The van der Waals surface area contributed by atoms with E-state index in [-0.39, 0.29) is 23.8 Å². The van der Waals surface area contributed by atoms with Crippen molar-refractivity contribution in [1.29, 1.82) is 0 Å². The lowest BCUT2D eigenvalue weighted by Crippen LogP contribution is -2.44. The van der Waals surface area contributed by atoms with Gasteiger partial charge in [0, 0.05) is 38.2 Å². The van der Waals surface area contributed by atoms with Crippen LogP contribution in [-0.2, 0) is 29.0 Å². The number of fused-ring (bicyclic) bond motifs is 3. The van der Waals surface area contributed by atoms with Crippen LogP contribution in [0.1, 0.15) is 48.6 Å². The van der Waals surface area contributed by atoms with E-state index in [1.807, 2.05) is 0 Å². The van der Waals surface area contributed by atoms with Crippen LogP contribution in [0.3, 0.4) is 0 Å². The molecular formula is C20H29N3O4S. The third-order valence-corrected chi connectivity index (χ3v) is 7.38. The Morgan fingerprint density at radius 3 is 2.54 bits per heavy atom. The van der Waals surface area contributed by atoms with Gasteiger partial charge in [0.1, 0.15) is 4.83 Å². The van der Waals surface area contributed by atoms with Gasteiger partial charge in [0.2, 0.25) is 0 Å². The second kappa shape index (κ2) is 8.10. The first-order valence-electron chi connectivity index (χ1n) is 10.1. The second-order valence-corrected chi connectivity index (χ2v) is 9.02. The molecule has 0 spiro atoms. The molecule has 8 heteroatoms. The van der Waals surface area contributed by atoms with Crippen molar-refractivity contribution in [3.63, 3.8) is 0 Å². The maximum atomic E-state index is 13.5. The molecule has 1 saturated carbocycles. The molecule has 0 saturated heterocycles. The molecule has 0 radical (unpaired) electrons. The highest BCUT2D eigenvalue weighted by Gasteiger charge is 2.28. The predicted molar refractivity (Wildman–Crippen MR) is 110 cm³/mol. The highest BCUT2D eigenvalue weighted by molar-refractivity contribution is 7.18. The summed E-state index contributed by atoms with van der Waals surface area (Å²) >= 11 is 1.57. The van der Waals surface area contributed by atoms with Gasteiger partial charge in [-0.3, -0.25) is 13.9 Å². The number of likely N-dealkylation sites (N-methyl/N-ethyl adjacent to an activating group) is 1. The molecule has 2 aromatic rings. The molecule has 0 bridgehead atoms. The fourth-order valence-electron chi connectivity index (χ4n) is 4.57. The summed E-state index contributed by atoms with van der Waals surface area (Å²) in [5.74, 6) is 0. The summed E-state index contributed by atoms with van der Waals surface area (Å²) < 4.78 is 14.0. The van der Waals surface area contributed by atoms with Crippen molar-refractivity contribution in [2.24, 2.45) is 0 Å². The third-order valence-electron chi connectivity index (χ3n) is 6.14. The van der Waals surface area contributed by atoms with Crippen LogP contribution < -0.4 is 11.2 Å². The van der Waals surface area contributed by atoms with Gasteiger partial charge < -0.3 is 14.4 Å². The molecule has 1 fully saturated rings. The topological polar surface area (TPSA) is 65.7 Å². The lowest BCUT2D eigenvalue weighted by Gasteiger charge is -2.25. The Balaban J connectivity index is 1.96. The number of nitrogens with zero attached hydrogens (tertiary/aromatic N) is 3. The van der Waals surface area contributed by atoms with E-state index in [0.29, 0.717) is 0 Å².